The maximum Gasteiger partial charge on any atom is 0.337 e. The van der Waals surface area contributed by atoms with Gasteiger partial charge in [0.25, 0.3) is 0 Å². The molecular weight excluding hydrogens is 354 g/mol. The lowest BCUT2D eigenvalue weighted by atomic mass is 9.88. The predicted octanol–water partition coefficient (Wildman–Crippen LogP) is 5.16. The van der Waals surface area contributed by atoms with Crippen LogP contribution in [0.25, 0.3) is 11.3 Å². The van der Waals surface area contributed by atoms with E-state index in [1.54, 1.807) is 18.2 Å². The van der Waals surface area contributed by atoms with Gasteiger partial charge in [0.15, 0.2) is 0 Å². The fourth-order valence-corrected chi connectivity index (χ4v) is 2.82. The molecule has 0 radical (unpaired) electrons. The molecule has 0 saturated carbocycles. The third-order valence-electron chi connectivity index (χ3n) is 3.04. The molecule has 0 unspecified atom stereocenters. The Morgan fingerprint density at radius 1 is 1.24 bits per heavy atom. The molecule has 1 heterocycles. The van der Waals surface area contributed by atoms with E-state index in [2.05, 4.69) is 20.9 Å². The Balaban J connectivity index is 2.64. The van der Waals surface area contributed by atoms with Gasteiger partial charge in [0, 0.05) is 15.5 Å². The summed E-state index contributed by atoms with van der Waals surface area (Å²) in [7, 11) is 0. The van der Waals surface area contributed by atoms with Crippen LogP contribution in [0.1, 0.15) is 36.8 Å². The second kappa shape index (κ2) is 5.78. The van der Waals surface area contributed by atoms with Crippen molar-refractivity contribution < 1.29 is 9.90 Å². The van der Waals surface area contributed by atoms with Gasteiger partial charge in [-0.1, -0.05) is 54.4 Å². The smallest absolute Gasteiger partial charge is 0.337 e. The number of aromatic nitrogens is 1. The number of benzene rings is 1. The van der Waals surface area contributed by atoms with E-state index in [1.165, 1.54) is 0 Å². The van der Waals surface area contributed by atoms with Crippen molar-refractivity contribution in [2.24, 2.45) is 0 Å². The van der Waals surface area contributed by atoms with Crippen molar-refractivity contribution in [2.75, 3.05) is 0 Å². The maximum atomic E-state index is 11.4. The molecular formula is C16H15BrClNO2. The summed E-state index contributed by atoms with van der Waals surface area (Å²) in [6.07, 6.45) is 0. The number of rotatable bonds is 2. The average Bonchev–Trinajstić information content (AvgIpc) is 2.37. The van der Waals surface area contributed by atoms with E-state index in [0.717, 1.165) is 10.0 Å². The normalized spacial score (nSPS) is 11.5. The van der Waals surface area contributed by atoms with Crippen LogP contribution in [0, 0.1) is 0 Å². The Labute approximate surface area is 137 Å². The lowest BCUT2D eigenvalue weighted by Gasteiger charge is -2.21. The molecule has 1 N–H and O–H groups in total. The molecule has 5 heteroatoms. The number of carboxylic acid groups (broad SMARTS) is 1. The van der Waals surface area contributed by atoms with Crippen LogP contribution in [-0.2, 0) is 5.41 Å². The summed E-state index contributed by atoms with van der Waals surface area (Å²) < 4.78 is 0.884. The van der Waals surface area contributed by atoms with Gasteiger partial charge in [0.05, 0.1) is 22.0 Å². The van der Waals surface area contributed by atoms with E-state index in [9.17, 15) is 9.90 Å². The van der Waals surface area contributed by atoms with Gasteiger partial charge in [-0.2, -0.15) is 0 Å². The highest BCUT2D eigenvalue weighted by Crippen LogP contribution is 2.32. The molecule has 0 aliphatic carbocycles. The molecule has 2 rings (SSSR count). The van der Waals surface area contributed by atoms with E-state index >= 15 is 0 Å². The van der Waals surface area contributed by atoms with Crippen LogP contribution in [0.15, 0.2) is 34.8 Å². The van der Waals surface area contributed by atoms with Gasteiger partial charge in [-0.05, 0) is 24.3 Å². The predicted molar refractivity (Wildman–Crippen MR) is 88.0 cm³/mol. The molecule has 0 spiro atoms. The van der Waals surface area contributed by atoms with Gasteiger partial charge >= 0.3 is 5.97 Å². The van der Waals surface area contributed by atoms with Crippen LogP contribution in [0.3, 0.4) is 0 Å². The number of carbonyl (C=O) groups is 1. The first-order valence-corrected chi connectivity index (χ1v) is 7.57. The Hall–Kier alpha value is -1.39. The molecule has 3 nitrogen and oxygen atoms in total. The number of carboxylic acids is 1. The largest absolute Gasteiger partial charge is 0.478 e. The van der Waals surface area contributed by atoms with E-state index in [1.807, 2.05) is 32.9 Å². The maximum absolute atomic E-state index is 11.4. The SMILES string of the molecule is CC(C)(C)c1nc(-c2ccc(Br)cc2Cl)ccc1C(=O)O. The first-order valence-electron chi connectivity index (χ1n) is 6.40. The molecule has 1 aromatic carbocycles. The fourth-order valence-electron chi connectivity index (χ4n) is 2.05. The third-order valence-corrected chi connectivity index (χ3v) is 3.85. The number of hydrogen-bond donors (Lipinski definition) is 1. The van der Waals surface area contributed by atoms with E-state index < -0.39 is 5.97 Å². The first-order chi connectivity index (χ1) is 9.70. The summed E-state index contributed by atoms with van der Waals surface area (Å²) in [5.74, 6) is -0.971. The van der Waals surface area contributed by atoms with Crippen LogP contribution in [0.4, 0.5) is 0 Å². The minimum atomic E-state index is -0.971. The number of hydrogen-bond acceptors (Lipinski definition) is 2. The summed E-state index contributed by atoms with van der Waals surface area (Å²) in [6, 6.07) is 8.81. The van der Waals surface area contributed by atoms with Gasteiger partial charge in [-0.15, -0.1) is 0 Å². The number of aromatic carboxylic acids is 1. The lowest BCUT2D eigenvalue weighted by molar-refractivity contribution is 0.0693. The number of pyridine rings is 1. The average molecular weight is 369 g/mol. The zero-order chi connectivity index (χ0) is 15.8. The van der Waals surface area contributed by atoms with Crippen molar-refractivity contribution in [3.63, 3.8) is 0 Å². The molecule has 0 bridgehead atoms. The van der Waals surface area contributed by atoms with Crippen LogP contribution >= 0.6 is 27.5 Å². The molecule has 1 aromatic heterocycles. The van der Waals surface area contributed by atoms with E-state index in [4.69, 9.17) is 11.6 Å². The van der Waals surface area contributed by atoms with Gasteiger partial charge in [0.1, 0.15) is 0 Å². The van der Waals surface area contributed by atoms with Gasteiger partial charge in [-0.3, -0.25) is 4.98 Å². The Morgan fingerprint density at radius 3 is 2.43 bits per heavy atom. The third kappa shape index (κ3) is 3.44. The number of nitrogens with zero attached hydrogens (tertiary/aromatic N) is 1. The summed E-state index contributed by atoms with van der Waals surface area (Å²) in [4.78, 5) is 15.9. The Bertz CT molecular complexity index is 708. The van der Waals surface area contributed by atoms with E-state index in [0.29, 0.717) is 16.4 Å². The van der Waals surface area contributed by atoms with Gasteiger partial charge in [0.2, 0.25) is 0 Å². The monoisotopic (exact) mass is 367 g/mol. The quantitative estimate of drug-likeness (QED) is 0.796. The van der Waals surface area contributed by atoms with Crippen molar-refractivity contribution in [3.05, 3.63) is 51.1 Å². The van der Waals surface area contributed by atoms with Crippen molar-refractivity contribution >= 4 is 33.5 Å². The molecule has 110 valence electrons. The van der Waals surface area contributed by atoms with Crippen LogP contribution in [0.2, 0.25) is 5.02 Å². The first kappa shape index (κ1) is 16.0. The Kier molecular flexibility index (Phi) is 4.40. The van der Waals surface area contributed by atoms with Crippen molar-refractivity contribution in [2.45, 2.75) is 26.2 Å². The van der Waals surface area contributed by atoms with Crippen molar-refractivity contribution in [1.29, 1.82) is 0 Å². The highest BCUT2D eigenvalue weighted by molar-refractivity contribution is 9.10. The minimum Gasteiger partial charge on any atom is -0.478 e. The molecule has 21 heavy (non-hydrogen) atoms. The second-order valence-corrected chi connectivity index (χ2v) is 7.09. The Morgan fingerprint density at radius 2 is 1.90 bits per heavy atom. The highest BCUT2D eigenvalue weighted by atomic mass is 79.9. The lowest BCUT2D eigenvalue weighted by Crippen LogP contribution is -2.19. The second-order valence-electron chi connectivity index (χ2n) is 5.77. The topological polar surface area (TPSA) is 50.2 Å². The van der Waals surface area contributed by atoms with Gasteiger partial charge in [-0.25, -0.2) is 4.79 Å². The molecule has 0 amide bonds. The molecule has 0 aliphatic rings. The summed E-state index contributed by atoms with van der Waals surface area (Å²) in [5, 5.41) is 9.88. The molecule has 2 aromatic rings. The zero-order valence-electron chi connectivity index (χ0n) is 11.9. The number of halogens is 2. The standard InChI is InChI=1S/C16H15BrClNO2/c1-16(2,3)14-11(15(20)21)6-7-13(19-14)10-5-4-9(17)8-12(10)18/h4-8H,1-3H3,(H,20,21). The van der Waals surface area contributed by atoms with Crippen LogP contribution in [0.5, 0.6) is 0 Å². The zero-order valence-corrected chi connectivity index (χ0v) is 14.3. The van der Waals surface area contributed by atoms with Crippen molar-refractivity contribution in [1.82, 2.24) is 4.98 Å². The van der Waals surface area contributed by atoms with Crippen LogP contribution in [-0.4, -0.2) is 16.1 Å². The summed E-state index contributed by atoms with van der Waals surface area (Å²) in [5.41, 5.74) is 1.85. The molecule has 0 atom stereocenters. The minimum absolute atomic E-state index is 0.222. The van der Waals surface area contributed by atoms with Crippen LogP contribution < -0.4 is 0 Å². The summed E-state index contributed by atoms with van der Waals surface area (Å²) >= 11 is 9.61. The highest BCUT2D eigenvalue weighted by Gasteiger charge is 2.24. The van der Waals surface area contributed by atoms with Gasteiger partial charge < -0.3 is 5.11 Å². The molecule has 0 saturated heterocycles. The molecule has 0 aliphatic heterocycles. The summed E-state index contributed by atoms with van der Waals surface area (Å²) in [6.45, 7) is 5.82. The fraction of sp³-hybridized carbons (Fsp3) is 0.250. The van der Waals surface area contributed by atoms with E-state index in [-0.39, 0.29) is 11.0 Å². The van der Waals surface area contributed by atoms with Crippen molar-refractivity contribution in [3.8, 4) is 11.3 Å². The molecule has 0 fully saturated rings.